The van der Waals surface area contributed by atoms with Gasteiger partial charge in [-0.25, -0.2) is 0 Å². The maximum absolute atomic E-state index is 5.22. The quantitative estimate of drug-likeness (QED) is 0.516. The van der Waals surface area contributed by atoms with Crippen molar-refractivity contribution in [3.63, 3.8) is 0 Å². The van der Waals surface area contributed by atoms with E-state index in [-0.39, 0.29) is 7.12 Å². The first kappa shape index (κ1) is 11.0. The molecule has 0 fully saturated rings. The van der Waals surface area contributed by atoms with E-state index < -0.39 is 0 Å². The van der Waals surface area contributed by atoms with E-state index in [4.69, 9.17) is 9.31 Å². The van der Waals surface area contributed by atoms with Crippen LogP contribution in [-0.4, -0.2) is 21.3 Å². The van der Waals surface area contributed by atoms with E-state index in [1.165, 1.54) is 5.56 Å². The van der Waals surface area contributed by atoms with Gasteiger partial charge >= 0.3 is 7.12 Å². The van der Waals surface area contributed by atoms with Crippen LogP contribution in [0.3, 0.4) is 0 Å². The van der Waals surface area contributed by atoms with E-state index in [0.717, 1.165) is 11.9 Å². The Morgan fingerprint density at radius 2 is 1.93 bits per heavy atom. The van der Waals surface area contributed by atoms with Crippen LogP contribution in [0.5, 0.6) is 0 Å². The number of hydrogen-bond donors (Lipinski definition) is 0. The summed E-state index contributed by atoms with van der Waals surface area (Å²) in [6, 6.07) is 8.05. The molecule has 0 atom stereocenters. The fraction of sp³-hybridized carbons (Fsp3) is 0.273. The van der Waals surface area contributed by atoms with Crippen molar-refractivity contribution >= 4 is 12.6 Å². The second-order valence-corrected chi connectivity index (χ2v) is 2.99. The molecule has 0 saturated carbocycles. The molecule has 14 heavy (non-hydrogen) atoms. The zero-order valence-electron chi connectivity index (χ0n) is 8.69. The highest BCUT2D eigenvalue weighted by Gasteiger charge is 2.20. The molecule has 1 aromatic carbocycles. The standard InChI is InChI=1S/C11H15BO2/c1-4-7-10-8-5-6-9-11(10)12(13-2)14-3/h4-6,8-9H,1,7H2,2-3H3. The van der Waals surface area contributed by atoms with E-state index in [0.29, 0.717) is 0 Å². The van der Waals surface area contributed by atoms with Crippen molar-refractivity contribution in [1.29, 1.82) is 0 Å². The minimum Gasteiger partial charge on any atom is -0.410 e. The van der Waals surface area contributed by atoms with Gasteiger partial charge in [-0.15, -0.1) is 6.58 Å². The lowest BCUT2D eigenvalue weighted by molar-refractivity contribution is 0.291. The molecule has 0 spiro atoms. The summed E-state index contributed by atoms with van der Waals surface area (Å²) in [5.74, 6) is 0. The molecule has 74 valence electrons. The minimum atomic E-state index is -0.286. The molecule has 0 aliphatic heterocycles. The Kier molecular flexibility index (Phi) is 4.43. The smallest absolute Gasteiger partial charge is 0.410 e. The molecule has 1 rings (SSSR count). The Bertz CT molecular complexity index is 295. The van der Waals surface area contributed by atoms with Gasteiger partial charge in [0.1, 0.15) is 0 Å². The Hall–Kier alpha value is -1.06. The normalized spacial score (nSPS) is 9.86. The number of hydrogen-bond acceptors (Lipinski definition) is 2. The maximum atomic E-state index is 5.22. The van der Waals surface area contributed by atoms with Crippen LogP contribution in [0, 0.1) is 0 Å². The van der Waals surface area contributed by atoms with Gasteiger partial charge in [-0.05, 0) is 17.4 Å². The van der Waals surface area contributed by atoms with Gasteiger partial charge < -0.3 is 9.31 Å². The van der Waals surface area contributed by atoms with Crippen LogP contribution in [0.25, 0.3) is 0 Å². The SMILES string of the molecule is C=CCc1ccccc1B(OC)OC. The van der Waals surface area contributed by atoms with Crippen molar-refractivity contribution in [3.05, 3.63) is 42.5 Å². The minimum absolute atomic E-state index is 0.286. The Balaban J connectivity index is 2.98. The molecular weight excluding hydrogens is 175 g/mol. The lowest BCUT2D eigenvalue weighted by Crippen LogP contribution is -2.37. The van der Waals surface area contributed by atoms with Crippen molar-refractivity contribution in [2.75, 3.05) is 14.2 Å². The first-order chi connectivity index (χ1) is 6.83. The van der Waals surface area contributed by atoms with Crippen LogP contribution >= 0.6 is 0 Å². The molecular formula is C11H15BO2. The summed E-state index contributed by atoms with van der Waals surface area (Å²) in [5, 5.41) is 0. The Morgan fingerprint density at radius 1 is 1.29 bits per heavy atom. The lowest BCUT2D eigenvalue weighted by atomic mass is 9.75. The summed E-state index contributed by atoms with van der Waals surface area (Å²) in [4.78, 5) is 0. The first-order valence-corrected chi connectivity index (χ1v) is 4.57. The third-order valence-electron chi connectivity index (χ3n) is 2.10. The Labute approximate surface area is 85.7 Å². The summed E-state index contributed by atoms with van der Waals surface area (Å²) in [6.07, 6.45) is 2.71. The molecule has 0 amide bonds. The lowest BCUT2D eigenvalue weighted by Gasteiger charge is -2.12. The molecule has 0 aromatic heterocycles. The maximum Gasteiger partial charge on any atom is 0.493 e. The van der Waals surface area contributed by atoms with Gasteiger partial charge in [0.25, 0.3) is 0 Å². The zero-order valence-corrected chi connectivity index (χ0v) is 8.69. The van der Waals surface area contributed by atoms with Gasteiger partial charge in [-0.2, -0.15) is 0 Å². The molecule has 0 bridgehead atoms. The highest BCUT2D eigenvalue weighted by atomic mass is 16.6. The molecule has 1 aromatic rings. The molecule has 3 heteroatoms. The van der Waals surface area contributed by atoms with Gasteiger partial charge in [0.15, 0.2) is 0 Å². The third-order valence-corrected chi connectivity index (χ3v) is 2.10. The summed E-state index contributed by atoms with van der Waals surface area (Å²) in [6.45, 7) is 3.73. The summed E-state index contributed by atoms with van der Waals surface area (Å²) in [7, 11) is 2.99. The van der Waals surface area contributed by atoms with Gasteiger partial charge in [0, 0.05) is 14.2 Å². The van der Waals surface area contributed by atoms with Crippen molar-refractivity contribution in [1.82, 2.24) is 0 Å². The van der Waals surface area contributed by atoms with E-state index in [1.807, 2.05) is 24.3 Å². The monoisotopic (exact) mass is 190 g/mol. The molecule has 2 nitrogen and oxygen atoms in total. The van der Waals surface area contributed by atoms with Crippen LogP contribution in [0.1, 0.15) is 5.56 Å². The predicted octanol–water partition coefficient (Wildman–Crippen LogP) is 1.40. The van der Waals surface area contributed by atoms with Crippen LogP contribution < -0.4 is 5.46 Å². The van der Waals surface area contributed by atoms with Crippen LogP contribution in [0.2, 0.25) is 0 Å². The van der Waals surface area contributed by atoms with Gasteiger partial charge in [0.2, 0.25) is 0 Å². The molecule has 0 heterocycles. The van der Waals surface area contributed by atoms with Gasteiger partial charge in [-0.1, -0.05) is 30.3 Å². The highest BCUT2D eigenvalue weighted by molar-refractivity contribution is 6.61. The number of rotatable bonds is 5. The average molecular weight is 190 g/mol. The van der Waals surface area contributed by atoms with Gasteiger partial charge in [-0.3, -0.25) is 0 Å². The summed E-state index contributed by atoms with van der Waals surface area (Å²) >= 11 is 0. The second kappa shape index (κ2) is 5.63. The van der Waals surface area contributed by atoms with Crippen molar-refractivity contribution in [3.8, 4) is 0 Å². The summed E-state index contributed by atoms with van der Waals surface area (Å²) in [5.41, 5.74) is 2.26. The van der Waals surface area contributed by atoms with E-state index in [2.05, 4.69) is 12.6 Å². The van der Waals surface area contributed by atoms with Crippen LogP contribution in [0.15, 0.2) is 36.9 Å². The molecule has 0 radical (unpaired) electrons. The molecule has 0 saturated heterocycles. The number of benzene rings is 1. The van der Waals surface area contributed by atoms with E-state index in [9.17, 15) is 0 Å². The predicted molar refractivity (Wildman–Crippen MR) is 59.7 cm³/mol. The third kappa shape index (κ3) is 2.47. The fourth-order valence-corrected chi connectivity index (χ4v) is 1.46. The van der Waals surface area contributed by atoms with E-state index in [1.54, 1.807) is 14.2 Å². The number of allylic oxidation sites excluding steroid dienone is 1. The van der Waals surface area contributed by atoms with E-state index >= 15 is 0 Å². The largest absolute Gasteiger partial charge is 0.493 e. The zero-order chi connectivity index (χ0) is 10.4. The average Bonchev–Trinajstić information content (AvgIpc) is 2.23. The molecule has 0 unspecified atom stereocenters. The molecule has 0 aliphatic carbocycles. The second-order valence-electron chi connectivity index (χ2n) is 2.99. The van der Waals surface area contributed by atoms with Crippen LogP contribution in [0.4, 0.5) is 0 Å². The highest BCUT2D eigenvalue weighted by Crippen LogP contribution is 2.01. The molecule has 0 N–H and O–H groups in total. The van der Waals surface area contributed by atoms with Crippen LogP contribution in [-0.2, 0) is 15.7 Å². The fourth-order valence-electron chi connectivity index (χ4n) is 1.46. The topological polar surface area (TPSA) is 18.5 Å². The van der Waals surface area contributed by atoms with Crippen molar-refractivity contribution in [2.45, 2.75) is 6.42 Å². The van der Waals surface area contributed by atoms with Gasteiger partial charge in [0.05, 0.1) is 0 Å². The Morgan fingerprint density at radius 3 is 2.50 bits per heavy atom. The summed E-state index contributed by atoms with van der Waals surface area (Å²) < 4.78 is 10.4. The van der Waals surface area contributed by atoms with Crippen molar-refractivity contribution < 1.29 is 9.31 Å². The molecule has 0 aliphatic rings. The first-order valence-electron chi connectivity index (χ1n) is 4.57. The van der Waals surface area contributed by atoms with Crippen molar-refractivity contribution in [2.24, 2.45) is 0 Å².